The zero-order chi connectivity index (χ0) is 27.2. The van der Waals surface area contributed by atoms with Crippen LogP contribution in [-0.4, -0.2) is 18.2 Å². The molecule has 0 spiro atoms. The number of hydrogen-bond donors (Lipinski definition) is 0. The molecule has 4 aromatic carbocycles. The van der Waals surface area contributed by atoms with Crippen LogP contribution in [0.25, 0.3) is 23.0 Å². The molecular weight excluding hydrogens is 513 g/mol. The molecule has 5 rings (SSSR count). The number of aromatic nitrogens is 2. The summed E-state index contributed by atoms with van der Waals surface area (Å²) in [6.07, 6.45) is 3.03. The normalized spacial score (nSPS) is 11.6. The molecule has 1 aromatic heterocycles. The van der Waals surface area contributed by atoms with Crippen LogP contribution in [-0.2, 0) is 16.4 Å². The van der Waals surface area contributed by atoms with Crippen molar-refractivity contribution in [1.82, 2.24) is 9.78 Å². The lowest BCUT2D eigenvalue weighted by molar-refractivity contribution is 0.300. The average Bonchev–Trinajstić information content (AvgIpc) is 3.40. The summed E-state index contributed by atoms with van der Waals surface area (Å²) < 4.78 is 47.7. The van der Waals surface area contributed by atoms with Crippen molar-refractivity contribution < 1.29 is 17.5 Å². The second-order valence-corrected chi connectivity index (χ2v) is 10.5. The van der Waals surface area contributed by atoms with Crippen molar-refractivity contribution in [3.05, 3.63) is 137 Å². The number of allylic oxidation sites excluding steroid dienone is 1. The SMILES string of the molecule is N#CC(=Cc1cn(-c2ccccc2)nc1-c1ccc(OCc2ccccc2F)cc1)S(=O)(=O)c1ccccc1. The largest absolute Gasteiger partial charge is 0.489 e. The highest BCUT2D eigenvalue weighted by Crippen LogP contribution is 2.30. The maximum absolute atomic E-state index is 13.9. The molecule has 0 amide bonds. The minimum Gasteiger partial charge on any atom is -0.489 e. The summed E-state index contributed by atoms with van der Waals surface area (Å²) in [6.45, 7) is 0.0749. The van der Waals surface area contributed by atoms with Gasteiger partial charge in [-0.1, -0.05) is 54.6 Å². The Morgan fingerprint density at radius 2 is 1.54 bits per heavy atom. The van der Waals surface area contributed by atoms with Crippen LogP contribution in [0.3, 0.4) is 0 Å². The lowest BCUT2D eigenvalue weighted by Crippen LogP contribution is -2.03. The molecule has 192 valence electrons. The molecule has 0 saturated carbocycles. The number of nitriles is 1. The van der Waals surface area contributed by atoms with Gasteiger partial charge in [0.05, 0.1) is 10.6 Å². The fourth-order valence-electron chi connectivity index (χ4n) is 3.95. The van der Waals surface area contributed by atoms with E-state index < -0.39 is 14.7 Å². The molecular formula is C31H22FN3O3S. The van der Waals surface area contributed by atoms with E-state index in [1.807, 2.05) is 36.4 Å². The summed E-state index contributed by atoms with van der Waals surface area (Å²) in [6, 6.07) is 32.5. The topological polar surface area (TPSA) is 85.0 Å². The number of para-hydroxylation sites is 1. The van der Waals surface area contributed by atoms with E-state index in [1.165, 1.54) is 24.3 Å². The van der Waals surface area contributed by atoms with E-state index >= 15 is 0 Å². The van der Waals surface area contributed by atoms with E-state index in [4.69, 9.17) is 9.84 Å². The zero-order valence-electron chi connectivity index (χ0n) is 20.6. The molecule has 8 heteroatoms. The van der Waals surface area contributed by atoms with Gasteiger partial charge in [0.2, 0.25) is 9.84 Å². The summed E-state index contributed by atoms with van der Waals surface area (Å²) in [7, 11) is -4.04. The Hall–Kier alpha value is -5.00. The van der Waals surface area contributed by atoms with Gasteiger partial charge in [0.25, 0.3) is 0 Å². The average molecular weight is 536 g/mol. The molecule has 0 unspecified atom stereocenters. The number of hydrogen-bond acceptors (Lipinski definition) is 5. The van der Waals surface area contributed by atoms with Crippen molar-refractivity contribution in [2.75, 3.05) is 0 Å². The van der Waals surface area contributed by atoms with Crippen LogP contribution in [0.5, 0.6) is 5.75 Å². The zero-order valence-corrected chi connectivity index (χ0v) is 21.4. The van der Waals surface area contributed by atoms with Crippen LogP contribution in [0.4, 0.5) is 4.39 Å². The van der Waals surface area contributed by atoms with Crippen molar-refractivity contribution in [2.45, 2.75) is 11.5 Å². The Bertz CT molecular complexity index is 1770. The molecule has 0 saturated heterocycles. The fraction of sp³-hybridized carbons (Fsp3) is 0.0323. The predicted octanol–water partition coefficient (Wildman–Crippen LogP) is 6.60. The summed E-state index contributed by atoms with van der Waals surface area (Å²) in [4.78, 5) is -0.362. The van der Waals surface area contributed by atoms with Crippen molar-refractivity contribution >= 4 is 15.9 Å². The van der Waals surface area contributed by atoms with Gasteiger partial charge in [-0.05, 0) is 60.7 Å². The number of ether oxygens (including phenoxy) is 1. The van der Waals surface area contributed by atoms with Crippen molar-refractivity contribution in [2.24, 2.45) is 0 Å². The summed E-state index contributed by atoms with van der Waals surface area (Å²) in [5.41, 5.74) is 2.83. The number of rotatable bonds is 8. The number of benzene rings is 4. The van der Waals surface area contributed by atoms with E-state index in [0.717, 1.165) is 5.69 Å². The molecule has 0 atom stereocenters. The molecule has 5 aromatic rings. The third-order valence-electron chi connectivity index (χ3n) is 5.98. The summed E-state index contributed by atoms with van der Waals surface area (Å²) in [5.74, 6) is 0.196. The first-order valence-electron chi connectivity index (χ1n) is 12.0. The Morgan fingerprint density at radius 1 is 0.897 bits per heavy atom. The first-order chi connectivity index (χ1) is 19.0. The Morgan fingerprint density at radius 3 is 2.21 bits per heavy atom. The van der Waals surface area contributed by atoms with E-state index in [9.17, 15) is 18.1 Å². The molecule has 6 nitrogen and oxygen atoms in total. The van der Waals surface area contributed by atoms with Gasteiger partial charge in [-0.15, -0.1) is 0 Å². The van der Waals surface area contributed by atoms with E-state index in [1.54, 1.807) is 71.5 Å². The van der Waals surface area contributed by atoms with E-state index in [0.29, 0.717) is 28.1 Å². The van der Waals surface area contributed by atoms with Crippen LogP contribution in [0, 0.1) is 17.1 Å². The van der Waals surface area contributed by atoms with Crippen LogP contribution < -0.4 is 4.74 Å². The van der Waals surface area contributed by atoms with Crippen molar-refractivity contribution in [1.29, 1.82) is 5.26 Å². The first kappa shape index (κ1) is 25.6. The van der Waals surface area contributed by atoms with Gasteiger partial charge in [0, 0.05) is 22.9 Å². The number of sulfone groups is 1. The highest BCUT2D eigenvalue weighted by atomic mass is 32.2. The van der Waals surface area contributed by atoms with Crippen LogP contribution in [0.2, 0.25) is 0 Å². The Kier molecular flexibility index (Phi) is 7.34. The first-order valence-corrected chi connectivity index (χ1v) is 13.5. The summed E-state index contributed by atoms with van der Waals surface area (Å²) in [5, 5.41) is 14.5. The standard InChI is InChI=1S/C31H22FN3O3S/c32-30-14-8-7-9-24(30)22-38-27-17-15-23(16-18-27)31-25(21-35(34-31)26-10-3-1-4-11-26)19-29(20-33)39(36,37)28-12-5-2-6-13-28/h1-19,21H,22H2. The molecule has 0 aliphatic rings. The van der Waals surface area contributed by atoms with Gasteiger partial charge in [-0.25, -0.2) is 17.5 Å². The fourth-order valence-corrected chi connectivity index (χ4v) is 5.13. The van der Waals surface area contributed by atoms with Crippen LogP contribution in [0.1, 0.15) is 11.1 Å². The summed E-state index contributed by atoms with van der Waals surface area (Å²) >= 11 is 0. The monoisotopic (exact) mass is 535 g/mol. The highest BCUT2D eigenvalue weighted by molar-refractivity contribution is 7.95. The molecule has 1 heterocycles. The quantitative estimate of drug-likeness (QED) is 0.209. The number of nitrogens with zero attached hydrogens (tertiary/aromatic N) is 3. The molecule has 0 aliphatic heterocycles. The Balaban J connectivity index is 1.52. The minimum atomic E-state index is -4.04. The number of halogens is 1. The predicted molar refractivity (Wildman–Crippen MR) is 147 cm³/mol. The van der Waals surface area contributed by atoms with Crippen molar-refractivity contribution in [3.63, 3.8) is 0 Å². The lowest BCUT2D eigenvalue weighted by atomic mass is 10.1. The van der Waals surface area contributed by atoms with Gasteiger partial charge >= 0.3 is 0 Å². The lowest BCUT2D eigenvalue weighted by Gasteiger charge is -2.08. The maximum Gasteiger partial charge on any atom is 0.216 e. The third kappa shape index (κ3) is 5.64. The van der Waals surface area contributed by atoms with Gasteiger partial charge in [-0.3, -0.25) is 0 Å². The Labute approximate surface area is 225 Å². The highest BCUT2D eigenvalue weighted by Gasteiger charge is 2.22. The molecule has 0 N–H and O–H groups in total. The van der Waals surface area contributed by atoms with E-state index in [2.05, 4.69) is 0 Å². The van der Waals surface area contributed by atoms with Gasteiger partial charge in [0.1, 0.15) is 34.8 Å². The minimum absolute atomic E-state index is 0.0335. The van der Waals surface area contributed by atoms with Gasteiger partial charge in [0.15, 0.2) is 0 Å². The van der Waals surface area contributed by atoms with Crippen LogP contribution >= 0.6 is 0 Å². The van der Waals surface area contributed by atoms with Crippen molar-refractivity contribution in [3.8, 4) is 28.8 Å². The maximum atomic E-state index is 13.9. The second-order valence-electron chi connectivity index (χ2n) is 8.55. The second kappa shape index (κ2) is 11.2. The molecule has 0 radical (unpaired) electrons. The smallest absolute Gasteiger partial charge is 0.216 e. The van der Waals surface area contributed by atoms with Gasteiger partial charge < -0.3 is 4.74 Å². The molecule has 0 fully saturated rings. The molecule has 39 heavy (non-hydrogen) atoms. The van der Waals surface area contributed by atoms with Gasteiger partial charge in [-0.2, -0.15) is 10.4 Å². The molecule has 0 bridgehead atoms. The van der Waals surface area contributed by atoms with E-state index in [-0.39, 0.29) is 17.3 Å². The third-order valence-corrected chi connectivity index (χ3v) is 7.66. The molecule has 0 aliphatic carbocycles. The van der Waals surface area contributed by atoms with Crippen LogP contribution in [0.15, 0.2) is 125 Å².